The maximum atomic E-state index is 12.2. The third-order valence-electron chi connectivity index (χ3n) is 0.791. The van der Waals surface area contributed by atoms with Gasteiger partial charge in [0.05, 0.1) is 0 Å². The van der Waals surface area contributed by atoms with Gasteiger partial charge in [-0.05, 0) is 18.2 Å². The fraction of sp³-hybridized carbons (Fsp3) is 0. The highest BCUT2D eigenvalue weighted by atomic mass is 32.1. The average Bonchev–Trinajstić information content (AvgIpc) is 1.77. The number of hydrogen-bond acceptors (Lipinski definition) is 1. The average molecular weight is 127 g/mol. The van der Waals surface area contributed by atoms with Crippen LogP contribution >= 0.6 is 12.6 Å². The van der Waals surface area contributed by atoms with Gasteiger partial charge in [0.25, 0.3) is 0 Å². The molecule has 0 aliphatic heterocycles. The number of thiol groups is 1. The third kappa shape index (κ3) is 1.01. The van der Waals surface area contributed by atoms with Crippen molar-refractivity contribution in [1.29, 1.82) is 0 Å². The first-order valence-electron chi connectivity index (χ1n) is 2.15. The Bertz CT molecular complexity index is 165. The molecule has 0 aliphatic carbocycles. The second-order valence-electron chi connectivity index (χ2n) is 1.38. The molecular weight excluding hydrogens is 123 g/mol. The van der Waals surface area contributed by atoms with Crippen molar-refractivity contribution in [3.8, 4) is 0 Å². The van der Waals surface area contributed by atoms with Crippen LogP contribution < -0.4 is 0 Å². The highest BCUT2D eigenvalue weighted by molar-refractivity contribution is 7.80. The molecule has 0 spiro atoms. The molecule has 0 saturated heterocycles. The van der Waals surface area contributed by atoms with Crippen molar-refractivity contribution >= 4 is 12.6 Å². The molecule has 0 bridgehead atoms. The van der Waals surface area contributed by atoms with Crippen LogP contribution in [0.4, 0.5) is 4.39 Å². The highest BCUT2D eigenvalue weighted by Gasteiger charge is 1.90. The predicted octanol–water partition coefficient (Wildman–Crippen LogP) is 1.91. The lowest BCUT2D eigenvalue weighted by Crippen LogP contribution is -1.72. The molecular formula is C6H4FS. The zero-order chi connectivity index (χ0) is 5.98. The van der Waals surface area contributed by atoms with E-state index in [1.807, 2.05) is 0 Å². The lowest BCUT2D eigenvalue weighted by atomic mass is 10.4. The van der Waals surface area contributed by atoms with Gasteiger partial charge in [-0.3, -0.25) is 0 Å². The molecule has 1 aromatic rings. The summed E-state index contributed by atoms with van der Waals surface area (Å²) >= 11 is 3.79. The van der Waals surface area contributed by atoms with Crippen LogP contribution in [0.5, 0.6) is 0 Å². The van der Waals surface area contributed by atoms with Crippen LogP contribution in [0, 0.1) is 11.9 Å². The normalized spacial score (nSPS) is 9.25. The highest BCUT2D eigenvalue weighted by Crippen LogP contribution is 2.08. The van der Waals surface area contributed by atoms with Crippen LogP contribution in [-0.2, 0) is 0 Å². The second kappa shape index (κ2) is 2.18. The SMILES string of the molecule is Fc1cc[c]cc1S. The van der Waals surface area contributed by atoms with E-state index < -0.39 is 0 Å². The summed E-state index contributed by atoms with van der Waals surface area (Å²) in [5, 5.41) is 0. The smallest absolute Gasteiger partial charge is 0.136 e. The first-order chi connectivity index (χ1) is 3.80. The van der Waals surface area contributed by atoms with Crippen LogP contribution in [0.15, 0.2) is 23.1 Å². The summed E-state index contributed by atoms with van der Waals surface area (Å²) in [6.45, 7) is 0. The van der Waals surface area contributed by atoms with E-state index >= 15 is 0 Å². The Labute approximate surface area is 52.8 Å². The van der Waals surface area contributed by atoms with Crippen molar-refractivity contribution in [2.75, 3.05) is 0 Å². The molecule has 0 heterocycles. The third-order valence-corrected chi connectivity index (χ3v) is 1.13. The lowest BCUT2D eigenvalue weighted by Gasteiger charge is -1.87. The summed E-state index contributed by atoms with van der Waals surface area (Å²) in [5.74, 6) is -0.299. The molecule has 1 aromatic carbocycles. The van der Waals surface area contributed by atoms with Gasteiger partial charge in [0.15, 0.2) is 0 Å². The molecule has 0 fully saturated rings. The van der Waals surface area contributed by atoms with Gasteiger partial charge in [-0.25, -0.2) is 4.39 Å². The summed E-state index contributed by atoms with van der Waals surface area (Å²) in [6, 6.07) is 7.00. The van der Waals surface area contributed by atoms with E-state index in [2.05, 4.69) is 18.7 Å². The summed E-state index contributed by atoms with van der Waals surface area (Å²) < 4.78 is 12.2. The van der Waals surface area contributed by atoms with Crippen molar-refractivity contribution < 1.29 is 4.39 Å². The minimum atomic E-state index is -0.299. The Morgan fingerprint density at radius 1 is 1.62 bits per heavy atom. The number of halogens is 1. The van der Waals surface area contributed by atoms with E-state index in [1.165, 1.54) is 18.2 Å². The molecule has 0 aromatic heterocycles. The van der Waals surface area contributed by atoms with Gasteiger partial charge in [-0.1, -0.05) is 6.07 Å². The maximum absolute atomic E-state index is 12.2. The maximum Gasteiger partial charge on any atom is 0.136 e. The van der Waals surface area contributed by atoms with E-state index in [4.69, 9.17) is 0 Å². The molecule has 0 N–H and O–H groups in total. The summed E-state index contributed by atoms with van der Waals surface area (Å²) in [7, 11) is 0. The van der Waals surface area contributed by atoms with Crippen LogP contribution in [0.1, 0.15) is 0 Å². The van der Waals surface area contributed by atoms with Gasteiger partial charge in [0, 0.05) is 4.90 Å². The number of hydrogen-bond donors (Lipinski definition) is 1. The fourth-order valence-electron chi connectivity index (χ4n) is 0.403. The van der Waals surface area contributed by atoms with E-state index in [-0.39, 0.29) is 5.82 Å². The monoisotopic (exact) mass is 127 g/mol. The van der Waals surface area contributed by atoms with E-state index in [9.17, 15) is 4.39 Å². The van der Waals surface area contributed by atoms with Gasteiger partial charge in [0.1, 0.15) is 5.82 Å². The Kier molecular flexibility index (Phi) is 1.53. The lowest BCUT2D eigenvalue weighted by molar-refractivity contribution is 0.602. The Morgan fingerprint density at radius 3 is 2.75 bits per heavy atom. The molecule has 1 radical (unpaired) electrons. The van der Waals surface area contributed by atoms with Crippen molar-refractivity contribution in [1.82, 2.24) is 0 Å². The minimum Gasteiger partial charge on any atom is -0.206 e. The van der Waals surface area contributed by atoms with Gasteiger partial charge in [-0.2, -0.15) is 0 Å². The molecule has 41 valence electrons. The zero-order valence-electron chi connectivity index (χ0n) is 4.06. The minimum absolute atomic E-state index is 0.299. The van der Waals surface area contributed by atoms with E-state index in [1.54, 1.807) is 0 Å². The van der Waals surface area contributed by atoms with Crippen molar-refractivity contribution in [3.63, 3.8) is 0 Å². The van der Waals surface area contributed by atoms with Crippen molar-refractivity contribution in [2.45, 2.75) is 4.90 Å². The number of rotatable bonds is 0. The first-order valence-corrected chi connectivity index (χ1v) is 2.60. The molecule has 0 unspecified atom stereocenters. The summed E-state index contributed by atoms with van der Waals surface area (Å²) in [5.41, 5.74) is 0. The molecule has 8 heavy (non-hydrogen) atoms. The molecule has 1 rings (SSSR count). The molecule has 0 aliphatic rings. The Balaban J connectivity index is 3.13. The standard InChI is InChI=1S/C6H4FS/c7-5-3-1-2-4-6(5)8/h1,3-4,8H. The van der Waals surface area contributed by atoms with Gasteiger partial charge in [0.2, 0.25) is 0 Å². The molecule has 2 heteroatoms. The number of benzene rings is 1. The topological polar surface area (TPSA) is 0 Å². The van der Waals surface area contributed by atoms with E-state index in [0.717, 1.165) is 0 Å². The summed E-state index contributed by atoms with van der Waals surface area (Å²) in [4.78, 5) is 0.340. The first kappa shape index (κ1) is 5.63. The predicted molar refractivity (Wildman–Crippen MR) is 32.5 cm³/mol. The zero-order valence-corrected chi connectivity index (χ0v) is 4.95. The largest absolute Gasteiger partial charge is 0.206 e. The second-order valence-corrected chi connectivity index (χ2v) is 1.86. The molecule has 0 amide bonds. The van der Waals surface area contributed by atoms with Crippen LogP contribution in [0.25, 0.3) is 0 Å². The van der Waals surface area contributed by atoms with Gasteiger partial charge < -0.3 is 0 Å². The molecule has 0 atom stereocenters. The summed E-state index contributed by atoms with van der Waals surface area (Å²) in [6.07, 6.45) is 0. The van der Waals surface area contributed by atoms with Crippen LogP contribution in [0.3, 0.4) is 0 Å². The van der Waals surface area contributed by atoms with E-state index in [0.29, 0.717) is 4.90 Å². The molecule has 0 nitrogen and oxygen atoms in total. The fourth-order valence-corrected chi connectivity index (χ4v) is 0.552. The molecule has 0 saturated carbocycles. The van der Waals surface area contributed by atoms with Crippen LogP contribution in [0.2, 0.25) is 0 Å². The van der Waals surface area contributed by atoms with Crippen molar-refractivity contribution in [2.24, 2.45) is 0 Å². The van der Waals surface area contributed by atoms with Gasteiger partial charge >= 0.3 is 0 Å². The quantitative estimate of drug-likeness (QED) is 0.506. The Hall–Kier alpha value is -0.500. The van der Waals surface area contributed by atoms with Crippen molar-refractivity contribution in [3.05, 3.63) is 30.1 Å². The van der Waals surface area contributed by atoms with Gasteiger partial charge in [-0.15, -0.1) is 12.6 Å². The Morgan fingerprint density at radius 2 is 2.38 bits per heavy atom. The van der Waals surface area contributed by atoms with Crippen LogP contribution in [-0.4, -0.2) is 0 Å².